The van der Waals surface area contributed by atoms with Gasteiger partial charge in [0.25, 0.3) is 0 Å². The van der Waals surface area contributed by atoms with Gasteiger partial charge in [-0.15, -0.1) is 0 Å². The first kappa shape index (κ1) is 13.5. The van der Waals surface area contributed by atoms with Crippen LogP contribution >= 0.6 is 0 Å². The van der Waals surface area contributed by atoms with Crippen LogP contribution in [-0.2, 0) is 11.2 Å². The van der Waals surface area contributed by atoms with Crippen molar-refractivity contribution >= 4 is 0 Å². The first-order valence-electron chi connectivity index (χ1n) is 6.77. The van der Waals surface area contributed by atoms with Crippen molar-refractivity contribution in [3.63, 3.8) is 0 Å². The van der Waals surface area contributed by atoms with Crippen LogP contribution in [0.15, 0.2) is 24.3 Å². The summed E-state index contributed by atoms with van der Waals surface area (Å²) < 4.78 is 5.00. The van der Waals surface area contributed by atoms with Crippen molar-refractivity contribution in [1.29, 1.82) is 0 Å². The molecule has 0 amide bonds. The monoisotopic (exact) mass is 248 g/mol. The summed E-state index contributed by atoms with van der Waals surface area (Å²) in [6.45, 7) is 5.04. The number of nitrogens with one attached hydrogen (secondary N) is 1. The summed E-state index contributed by atoms with van der Waals surface area (Å²) in [5.74, 6) is 0.741. The van der Waals surface area contributed by atoms with Crippen LogP contribution in [0.1, 0.15) is 17.0 Å². The average molecular weight is 248 g/mol. The highest BCUT2D eigenvalue weighted by Gasteiger charge is 2.25. The highest BCUT2D eigenvalue weighted by atomic mass is 16.5. The van der Waals surface area contributed by atoms with Crippen molar-refractivity contribution in [3.05, 3.63) is 35.4 Å². The van der Waals surface area contributed by atoms with Crippen LogP contribution < -0.4 is 5.32 Å². The molecule has 0 bridgehead atoms. The summed E-state index contributed by atoms with van der Waals surface area (Å²) in [6.07, 6.45) is 1.25. The topological polar surface area (TPSA) is 24.5 Å². The first-order valence-corrected chi connectivity index (χ1v) is 6.77. The second-order valence-electron chi connectivity index (χ2n) is 5.10. The maximum atomic E-state index is 5.00. The van der Waals surface area contributed by atoms with Gasteiger partial charge in [0.1, 0.15) is 0 Å². The van der Waals surface area contributed by atoms with Crippen molar-refractivity contribution < 1.29 is 4.74 Å². The minimum absolute atomic E-state index is 0.741. The predicted molar refractivity (Wildman–Crippen MR) is 75.1 cm³/mol. The van der Waals surface area contributed by atoms with E-state index in [-0.39, 0.29) is 0 Å². The molecule has 0 radical (unpaired) electrons. The molecule has 100 valence electrons. The summed E-state index contributed by atoms with van der Waals surface area (Å²) in [5.41, 5.74) is 3.09. The molecule has 0 saturated carbocycles. The molecular formula is C15H24N2O. The Morgan fingerprint density at radius 1 is 1.33 bits per heavy atom. The molecule has 3 nitrogen and oxygen atoms in total. The fourth-order valence-electron chi connectivity index (χ4n) is 2.56. The Kier molecular flexibility index (Phi) is 5.17. The van der Waals surface area contributed by atoms with Gasteiger partial charge < -0.3 is 15.0 Å². The first-order chi connectivity index (χ1) is 8.81. The van der Waals surface area contributed by atoms with Crippen molar-refractivity contribution in [2.75, 3.05) is 46.9 Å². The van der Waals surface area contributed by atoms with Gasteiger partial charge in [-0.05, 0) is 24.6 Å². The Labute approximate surface area is 110 Å². The number of ether oxygens (including phenoxy) is 1. The standard InChI is InChI=1S/C15H24N2O/c1-17(9-7-16-8-10-18-2)12-14-11-13-5-3-4-6-15(13)14/h3-6,14,16H,7-12H2,1-2H3. The predicted octanol–water partition coefficient (Wildman–Crippen LogP) is 1.49. The fraction of sp³-hybridized carbons (Fsp3) is 0.600. The number of likely N-dealkylation sites (N-methyl/N-ethyl adjacent to an activating group) is 1. The average Bonchev–Trinajstić information content (AvgIpc) is 2.36. The SMILES string of the molecule is COCCNCCN(C)CC1Cc2ccccc21. The minimum Gasteiger partial charge on any atom is -0.383 e. The largest absolute Gasteiger partial charge is 0.383 e. The number of hydrogen-bond donors (Lipinski definition) is 1. The van der Waals surface area contributed by atoms with Gasteiger partial charge in [0.05, 0.1) is 6.61 Å². The zero-order valence-corrected chi connectivity index (χ0v) is 11.5. The molecule has 1 aliphatic rings. The maximum absolute atomic E-state index is 5.00. The number of methoxy groups -OCH3 is 1. The molecule has 0 aliphatic heterocycles. The van der Waals surface area contributed by atoms with Crippen LogP contribution in [0.25, 0.3) is 0 Å². The normalized spacial score (nSPS) is 17.6. The van der Waals surface area contributed by atoms with Crippen LogP contribution in [0.3, 0.4) is 0 Å². The van der Waals surface area contributed by atoms with Gasteiger partial charge in [-0.25, -0.2) is 0 Å². The van der Waals surface area contributed by atoms with E-state index >= 15 is 0 Å². The van der Waals surface area contributed by atoms with E-state index in [2.05, 4.69) is 41.5 Å². The highest BCUT2D eigenvalue weighted by Crippen LogP contribution is 2.34. The summed E-state index contributed by atoms with van der Waals surface area (Å²) in [7, 11) is 3.95. The number of benzene rings is 1. The van der Waals surface area contributed by atoms with Gasteiger partial charge in [-0.2, -0.15) is 0 Å². The van der Waals surface area contributed by atoms with Gasteiger partial charge in [0, 0.05) is 39.2 Å². The molecule has 3 heteroatoms. The van der Waals surface area contributed by atoms with Gasteiger partial charge in [0.2, 0.25) is 0 Å². The van der Waals surface area contributed by atoms with Crippen LogP contribution in [0.4, 0.5) is 0 Å². The number of fused-ring (bicyclic) bond motifs is 1. The van der Waals surface area contributed by atoms with Crippen LogP contribution in [0.2, 0.25) is 0 Å². The van der Waals surface area contributed by atoms with E-state index in [1.807, 2.05) is 0 Å². The number of hydrogen-bond acceptors (Lipinski definition) is 3. The smallest absolute Gasteiger partial charge is 0.0587 e. The molecule has 18 heavy (non-hydrogen) atoms. The molecule has 0 aromatic heterocycles. The third-order valence-corrected chi connectivity index (χ3v) is 3.65. The van der Waals surface area contributed by atoms with E-state index in [4.69, 9.17) is 4.74 Å². The lowest BCUT2D eigenvalue weighted by Gasteiger charge is -2.33. The molecule has 1 N–H and O–H groups in total. The van der Waals surface area contributed by atoms with Crippen molar-refractivity contribution in [2.45, 2.75) is 12.3 Å². The van der Waals surface area contributed by atoms with Crippen molar-refractivity contribution in [2.24, 2.45) is 0 Å². The van der Waals surface area contributed by atoms with E-state index in [0.717, 1.165) is 32.2 Å². The molecule has 1 aliphatic carbocycles. The zero-order chi connectivity index (χ0) is 12.8. The van der Waals surface area contributed by atoms with E-state index in [1.54, 1.807) is 12.7 Å². The van der Waals surface area contributed by atoms with Crippen LogP contribution in [0, 0.1) is 0 Å². The molecule has 2 rings (SSSR count). The van der Waals surface area contributed by atoms with E-state index in [9.17, 15) is 0 Å². The molecule has 0 saturated heterocycles. The lowest BCUT2D eigenvalue weighted by atomic mass is 9.77. The number of nitrogens with zero attached hydrogens (tertiary/aromatic N) is 1. The summed E-state index contributed by atoms with van der Waals surface area (Å²) >= 11 is 0. The van der Waals surface area contributed by atoms with Crippen molar-refractivity contribution in [1.82, 2.24) is 10.2 Å². The molecule has 0 heterocycles. The Morgan fingerprint density at radius 2 is 2.17 bits per heavy atom. The third kappa shape index (κ3) is 3.55. The summed E-state index contributed by atoms with van der Waals surface area (Å²) in [5, 5.41) is 3.38. The Bertz CT molecular complexity index is 367. The molecule has 1 aromatic rings. The fourth-order valence-corrected chi connectivity index (χ4v) is 2.56. The Balaban J connectivity index is 1.63. The quantitative estimate of drug-likeness (QED) is 0.706. The Hall–Kier alpha value is -0.900. The lowest BCUT2D eigenvalue weighted by Crippen LogP contribution is -2.35. The summed E-state index contributed by atoms with van der Waals surface area (Å²) in [4.78, 5) is 2.42. The molecule has 1 atom stereocenters. The van der Waals surface area contributed by atoms with E-state index in [0.29, 0.717) is 0 Å². The molecule has 1 aromatic carbocycles. The van der Waals surface area contributed by atoms with Gasteiger partial charge in [-0.1, -0.05) is 24.3 Å². The van der Waals surface area contributed by atoms with Gasteiger partial charge >= 0.3 is 0 Å². The second-order valence-corrected chi connectivity index (χ2v) is 5.10. The molecule has 0 fully saturated rings. The Morgan fingerprint density at radius 3 is 2.94 bits per heavy atom. The molecular weight excluding hydrogens is 224 g/mol. The number of rotatable bonds is 8. The third-order valence-electron chi connectivity index (χ3n) is 3.65. The van der Waals surface area contributed by atoms with Crippen molar-refractivity contribution in [3.8, 4) is 0 Å². The van der Waals surface area contributed by atoms with E-state index in [1.165, 1.54) is 18.5 Å². The van der Waals surface area contributed by atoms with Crippen LogP contribution in [-0.4, -0.2) is 51.8 Å². The summed E-state index contributed by atoms with van der Waals surface area (Å²) in [6, 6.07) is 8.81. The van der Waals surface area contributed by atoms with Crippen LogP contribution in [0.5, 0.6) is 0 Å². The van der Waals surface area contributed by atoms with Gasteiger partial charge in [0.15, 0.2) is 0 Å². The zero-order valence-electron chi connectivity index (χ0n) is 11.5. The second kappa shape index (κ2) is 6.88. The molecule has 0 spiro atoms. The molecule has 1 unspecified atom stereocenters. The highest BCUT2D eigenvalue weighted by molar-refractivity contribution is 5.40. The maximum Gasteiger partial charge on any atom is 0.0587 e. The van der Waals surface area contributed by atoms with Gasteiger partial charge in [-0.3, -0.25) is 0 Å². The van der Waals surface area contributed by atoms with E-state index < -0.39 is 0 Å². The minimum atomic E-state index is 0.741. The lowest BCUT2D eigenvalue weighted by molar-refractivity contribution is 0.197.